The Morgan fingerprint density at radius 3 is 2.17 bits per heavy atom. The Kier molecular flexibility index (Phi) is 5.19. The Hall–Kier alpha value is -2.29. The van der Waals surface area contributed by atoms with E-state index in [1.165, 1.54) is 0 Å². The van der Waals surface area contributed by atoms with Gasteiger partial charge >= 0.3 is 0 Å². The number of benzene rings is 3. The van der Waals surface area contributed by atoms with Crippen molar-refractivity contribution in [2.45, 2.75) is 6.42 Å². The van der Waals surface area contributed by atoms with E-state index in [1.54, 1.807) is 42.5 Å². The fraction of sp³-hybridized carbons (Fsp3) is 0.0500. The summed E-state index contributed by atoms with van der Waals surface area (Å²) in [5.74, 6) is 1.20. The molecule has 0 aliphatic rings. The fourth-order valence-corrected chi connectivity index (χ4v) is 2.70. The van der Waals surface area contributed by atoms with Gasteiger partial charge in [-0.3, -0.25) is 4.79 Å². The molecule has 0 amide bonds. The second-order valence-corrected chi connectivity index (χ2v) is 6.13. The van der Waals surface area contributed by atoms with Gasteiger partial charge in [0.05, 0.1) is 5.02 Å². The van der Waals surface area contributed by atoms with Gasteiger partial charge in [-0.15, -0.1) is 0 Å². The van der Waals surface area contributed by atoms with E-state index in [4.69, 9.17) is 27.9 Å². The lowest BCUT2D eigenvalue weighted by Gasteiger charge is -2.09. The third kappa shape index (κ3) is 4.16. The highest BCUT2D eigenvalue weighted by molar-refractivity contribution is 6.34. The van der Waals surface area contributed by atoms with E-state index >= 15 is 0 Å². The van der Waals surface area contributed by atoms with Gasteiger partial charge in [0.2, 0.25) is 0 Å². The van der Waals surface area contributed by atoms with E-state index in [1.807, 2.05) is 30.3 Å². The lowest BCUT2D eigenvalue weighted by Crippen LogP contribution is -2.04. The van der Waals surface area contributed by atoms with Crippen LogP contribution in [0.4, 0.5) is 0 Å². The summed E-state index contributed by atoms with van der Waals surface area (Å²) in [5.41, 5.74) is 1.45. The molecule has 0 heterocycles. The average Bonchev–Trinajstić information content (AvgIpc) is 2.58. The maximum atomic E-state index is 12.4. The normalized spacial score (nSPS) is 10.4. The lowest BCUT2D eigenvalue weighted by molar-refractivity contribution is 0.0993. The van der Waals surface area contributed by atoms with Crippen molar-refractivity contribution in [3.8, 4) is 11.5 Å². The maximum absolute atomic E-state index is 12.4. The van der Waals surface area contributed by atoms with E-state index in [-0.39, 0.29) is 5.78 Å². The SMILES string of the molecule is O=C(Cc1ccccc1)c1ccc(Oc2ccc(Cl)cc2)cc1Cl. The molecule has 0 saturated carbocycles. The Balaban J connectivity index is 1.74. The Morgan fingerprint density at radius 2 is 1.50 bits per heavy atom. The minimum absolute atomic E-state index is 0.0238. The van der Waals surface area contributed by atoms with Crippen LogP contribution in [0.15, 0.2) is 72.8 Å². The van der Waals surface area contributed by atoms with Gasteiger partial charge in [0.1, 0.15) is 11.5 Å². The van der Waals surface area contributed by atoms with Gasteiger partial charge in [-0.25, -0.2) is 0 Å². The van der Waals surface area contributed by atoms with E-state index in [0.717, 1.165) is 5.56 Å². The molecule has 0 atom stereocenters. The summed E-state index contributed by atoms with van der Waals surface area (Å²) in [7, 11) is 0. The van der Waals surface area contributed by atoms with Crippen LogP contribution in [0.2, 0.25) is 10.0 Å². The van der Waals surface area contributed by atoms with Gasteiger partial charge in [-0.1, -0.05) is 53.5 Å². The summed E-state index contributed by atoms with van der Waals surface area (Å²) < 4.78 is 5.71. The predicted octanol–water partition coefficient (Wildman–Crippen LogP) is 6.21. The molecule has 0 unspecified atom stereocenters. The monoisotopic (exact) mass is 356 g/mol. The number of halogens is 2. The number of carbonyl (C=O) groups excluding carboxylic acids is 1. The molecule has 0 fully saturated rings. The number of rotatable bonds is 5. The molecule has 0 N–H and O–H groups in total. The highest BCUT2D eigenvalue weighted by atomic mass is 35.5. The molecular formula is C20H14Cl2O2. The fourth-order valence-electron chi connectivity index (χ4n) is 2.30. The number of ketones is 1. The molecule has 0 aliphatic carbocycles. The molecule has 0 bridgehead atoms. The zero-order valence-corrected chi connectivity index (χ0v) is 14.2. The summed E-state index contributed by atoms with van der Waals surface area (Å²) in [6.45, 7) is 0. The van der Waals surface area contributed by atoms with Crippen molar-refractivity contribution in [3.05, 3.63) is 94.0 Å². The average molecular weight is 357 g/mol. The van der Waals surface area contributed by atoms with E-state index in [0.29, 0.717) is 33.5 Å². The van der Waals surface area contributed by atoms with Crippen molar-refractivity contribution in [2.24, 2.45) is 0 Å². The van der Waals surface area contributed by atoms with E-state index in [9.17, 15) is 4.79 Å². The third-order valence-corrected chi connectivity index (χ3v) is 4.06. The van der Waals surface area contributed by atoms with Crippen molar-refractivity contribution >= 4 is 29.0 Å². The molecule has 24 heavy (non-hydrogen) atoms. The number of hydrogen-bond acceptors (Lipinski definition) is 2. The van der Waals surface area contributed by atoms with Crippen LogP contribution in [-0.2, 0) is 6.42 Å². The molecular weight excluding hydrogens is 343 g/mol. The van der Waals surface area contributed by atoms with E-state index in [2.05, 4.69) is 0 Å². The van der Waals surface area contributed by atoms with Crippen LogP contribution in [0.25, 0.3) is 0 Å². The maximum Gasteiger partial charge on any atom is 0.168 e. The van der Waals surface area contributed by atoms with Gasteiger partial charge in [-0.2, -0.15) is 0 Å². The first-order chi connectivity index (χ1) is 11.6. The zero-order valence-electron chi connectivity index (χ0n) is 12.7. The molecule has 2 nitrogen and oxygen atoms in total. The summed E-state index contributed by atoms with van der Waals surface area (Å²) in [6.07, 6.45) is 0.317. The minimum atomic E-state index is -0.0238. The second-order valence-electron chi connectivity index (χ2n) is 5.28. The molecule has 0 aromatic heterocycles. The topological polar surface area (TPSA) is 26.3 Å². The second kappa shape index (κ2) is 7.52. The highest BCUT2D eigenvalue weighted by Gasteiger charge is 2.12. The first-order valence-corrected chi connectivity index (χ1v) is 8.17. The molecule has 4 heteroatoms. The van der Waals surface area contributed by atoms with Crippen LogP contribution in [0.3, 0.4) is 0 Å². The number of carbonyl (C=O) groups is 1. The zero-order chi connectivity index (χ0) is 16.9. The number of ether oxygens (including phenoxy) is 1. The molecule has 0 saturated heterocycles. The van der Waals surface area contributed by atoms with Gasteiger partial charge < -0.3 is 4.74 Å². The number of hydrogen-bond donors (Lipinski definition) is 0. The summed E-state index contributed by atoms with van der Waals surface area (Å²) in [4.78, 5) is 12.4. The molecule has 3 aromatic carbocycles. The van der Waals surface area contributed by atoms with Gasteiger partial charge in [0.15, 0.2) is 5.78 Å². The molecule has 3 aromatic rings. The minimum Gasteiger partial charge on any atom is -0.457 e. The van der Waals surface area contributed by atoms with Crippen LogP contribution in [-0.4, -0.2) is 5.78 Å². The predicted molar refractivity (Wildman–Crippen MR) is 97.5 cm³/mol. The Morgan fingerprint density at radius 1 is 0.833 bits per heavy atom. The summed E-state index contributed by atoms with van der Waals surface area (Å²) in [6, 6.07) is 21.7. The van der Waals surface area contributed by atoms with Gasteiger partial charge in [0, 0.05) is 23.1 Å². The molecule has 120 valence electrons. The van der Waals surface area contributed by atoms with Crippen LogP contribution < -0.4 is 4.74 Å². The molecule has 0 radical (unpaired) electrons. The first-order valence-electron chi connectivity index (χ1n) is 7.42. The third-order valence-electron chi connectivity index (χ3n) is 3.50. The van der Waals surface area contributed by atoms with Crippen LogP contribution >= 0.6 is 23.2 Å². The van der Waals surface area contributed by atoms with Crippen molar-refractivity contribution in [1.29, 1.82) is 0 Å². The van der Waals surface area contributed by atoms with Crippen LogP contribution in [0.5, 0.6) is 11.5 Å². The van der Waals surface area contributed by atoms with Crippen molar-refractivity contribution in [2.75, 3.05) is 0 Å². The highest BCUT2D eigenvalue weighted by Crippen LogP contribution is 2.28. The molecule has 3 rings (SSSR count). The van der Waals surface area contributed by atoms with Crippen LogP contribution in [0.1, 0.15) is 15.9 Å². The van der Waals surface area contributed by atoms with E-state index < -0.39 is 0 Å². The van der Waals surface area contributed by atoms with Crippen LogP contribution in [0, 0.1) is 0 Å². The Labute approximate surface area is 150 Å². The van der Waals surface area contributed by atoms with Gasteiger partial charge in [-0.05, 0) is 42.0 Å². The summed E-state index contributed by atoms with van der Waals surface area (Å²) in [5, 5.41) is 1.02. The molecule has 0 aliphatic heterocycles. The number of Topliss-reactive ketones (excluding diaryl/α,β-unsaturated/α-hetero) is 1. The smallest absolute Gasteiger partial charge is 0.168 e. The first kappa shape index (κ1) is 16.6. The lowest BCUT2D eigenvalue weighted by atomic mass is 10.0. The van der Waals surface area contributed by atoms with Crippen molar-refractivity contribution < 1.29 is 9.53 Å². The molecule has 0 spiro atoms. The van der Waals surface area contributed by atoms with Gasteiger partial charge in [0.25, 0.3) is 0 Å². The largest absolute Gasteiger partial charge is 0.457 e. The standard InChI is InChI=1S/C20H14Cl2O2/c21-15-6-8-16(9-7-15)24-17-10-11-18(19(22)13-17)20(23)12-14-4-2-1-3-5-14/h1-11,13H,12H2. The Bertz CT molecular complexity index is 843. The summed E-state index contributed by atoms with van der Waals surface area (Å²) >= 11 is 12.1. The van der Waals surface area contributed by atoms with Crippen molar-refractivity contribution in [1.82, 2.24) is 0 Å². The quantitative estimate of drug-likeness (QED) is 0.507. The van der Waals surface area contributed by atoms with Crippen molar-refractivity contribution in [3.63, 3.8) is 0 Å².